The number of aryl methyl sites for hydroxylation is 1. The Hall–Kier alpha value is -1.19. The fourth-order valence-electron chi connectivity index (χ4n) is 2.71. The van der Waals surface area contributed by atoms with Gasteiger partial charge in [0.25, 0.3) is 0 Å². The van der Waals surface area contributed by atoms with Crippen molar-refractivity contribution in [2.75, 3.05) is 19.6 Å². The summed E-state index contributed by atoms with van der Waals surface area (Å²) in [5, 5.41) is 9.57. The molecular weight excluding hydrogens is 238 g/mol. The van der Waals surface area contributed by atoms with Crippen LogP contribution in [-0.2, 0) is 0 Å². The molecule has 1 saturated heterocycles. The number of likely N-dealkylation sites (tertiary alicyclic amines) is 1. The molecule has 0 radical (unpaired) electrons. The number of Topliss-reactive ketones (excluding diaryl/α,β-unsaturated/α-hetero) is 1. The Balaban J connectivity index is 1.87. The summed E-state index contributed by atoms with van der Waals surface area (Å²) in [6.07, 6.45) is 1.74. The molecule has 0 spiro atoms. The number of benzene rings is 1. The van der Waals surface area contributed by atoms with E-state index in [2.05, 4.69) is 4.90 Å². The zero-order valence-electron chi connectivity index (χ0n) is 11.8. The second-order valence-corrected chi connectivity index (χ2v) is 5.65. The van der Waals surface area contributed by atoms with Gasteiger partial charge >= 0.3 is 0 Å². The van der Waals surface area contributed by atoms with E-state index in [0.717, 1.165) is 37.1 Å². The number of carbonyl (C=O) groups excluding carboxylic acids is 1. The fraction of sp³-hybridized carbons (Fsp3) is 0.562. The zero-order valence-corrected chi connectivity index (χ0v) is 11.8. The molecule has 0 bridgehead atoms. The highest BCUT2D eigenvalue weighted by Crippen LogP contribution is 2.20. The molecule has 1 atom stereocenters. The van der Waals surface area contributed by atoms with Crippen LogP contribution in [0.5, 0.6) is 0 Å². The average Bonchev–Trinajstić information content (AvgIpc) is 2.39. The first-order valence-electron chi connectivity index (χ1n) is 7.06. The summed E-state index contributed by atoms with van der Waals surface area (Å²) in [7, 11) is 0. The van der Waals surface area contributed by atoms with Crippen LogP contribution in [0.4, 0.5) is 0 Å². The van der Waals surface area contributed by atoms with Gasteiger partial charge in [0.15, 0.2) is 5.78 Å². The summed E-state index contributed by atoms with van der Waals surface area (Å²) >= 11 is 0. The van der Waals surface area contributed by atoms with Crippen molar-refractivity contribution >= 4 is 5.78 Å². The lowest BCUT2D eigenvalue weighted by Crippen LogP contribution is -2.39. The van der Waals surface area contributed by atoms with E-state index in [1.165, 1.54) is 0 Å². The summed E-state index contributed by atoms with van der Waals surface area (Å²) in [5.74, 6) is 0.588. The van der Waals surface area contributed by atoms with Crippen LogP contribution >= 0.6 is 0 Å². The second-order valence-electron chi connectivity index (χ2n) is 5.65. The van der Waals surface area contributed by atoms with E-state index >= 15 is 0 Å². The van der Waals surface area contributed by atoms with Crippen LogP contribution in [0.3, 0.4) is 0 Å². The predicted molar refractivity (Wildman–Crippen MR) is 76.4 cm³/mol. The van der Waals surface area contributed by atoms with E-state index in [4.69, 9.17) is 0 Å². The zero-order chi connectivity index (χ0) is 13.8. The van der Waals surface area contributed by atoms with Crippen molar-refractivity contribution in [2.24, 2.45) is 5.92 Å². The number of aliphatic hydroxyl groups is 1. The van der Waals surface area contributed by atoms with Gasteiger partial charge in [-0.25, -0.2) is 0 Å². The molecule has 0 saturated carbocycles. The molecule has 3 nitrogen and oxygen atoms in total. The molecular formula is C16H23NO2. The first-order chi connectivity index (χ1) is 9.06. The monoisotopic (exact) mass is 261 g/mol. The third kappa shape index (κ3) is 3.88. The molecule has 1 unspecified atom stereocenters. The maximum absolute atomic E-state index is 12.2. The summed E-state index contributed by atoms with van der Waals surface area (Å²) in [5.41, 5.74) is 1.93. The van der Waals surface area contributed by atoms with Crippen LogP contribution in [0, 0.1) is 12.8 Å². The van der Waals surface area contributed by atoms with Gasteiger partial charge in [0.2, 0.25) is 0 Å². The molecule has 1 aliphatic heterocycles. The lowest BCUT2D eigenvalue weighted by Gasteiger charge is -2.32. The number of rotatable bonds is 4. The van der Waals surface area contributed by atoms with Gasteiger partial charge in [0.1, 0.15) is 0 Å². The van der Waals surface area contributed by atoms with Crippen LogP contribution in [0.2, 0.25) is 0 Å². The molecule has 1 fully saturated rings. The van der Waals surface area contributed by atoms with Crippen LogP contribution in [0.1, 0.15) is 35.7 Å². The van der Waals surface area contributed by atoms with Gasteiger partial charge in [0, 0.05) is 5.56 Å². The molecule has 104 valence electrons. The quantitative estimate of drug-likeness (QED) is 0.845. The van der Waals surface area contributed by atoms with E-state index in [1.54, 1.807) is 0 Å². The highest BCUT2D eigenvalue weighted by molar-refractivity contribution is 5.97. The molecule has 0 aromatic heterocycles. The number of carbonyl (C=O) groups is 1. The van der Waals surface area contributed by atoms with Crippen molar-refractivity contribution in [3.05, 3.63) is 35.4 Å². The molecule has 3 heteroatoms. The minimum absolute atomic E-state index is 0.194. The summed E-state index contributed by atoms with van der Waals surface area (Å²) in [6.45, 7) is 6.18. The van der Waals surface area contributed by atoms with E-state index < -0.39 is 0 Å². The smallest absolute Gasteiger partial charge is 0.176 e. The van der Waals surface area contributed by atoms with Gasteiger partial charge in [-0.3, -0.25) is 9.69 Å². The van der Waals surface area contributed by atoms with Crippen molar-refractivity contribution in [3.8, 4) is 0 Å². The van der Waals surface area contributed by atoms with Crippen LogP contribution in [0.25, 0.3) is 0 Å². The third-order valence-electron chi connectivity index (χ3n) is 4.02. The number of nitrogens with zero attached hydrogens (tertiary/aromatic N) is 1. The SMILES string of the molecule is Cc1cccc(C(=O)CN2CCC(C(C)O)CC2)c1. The van der Waals surface area contributed by atoms with Crippen molar-refractivity contribution in [2.45, 2.75) is 32.8 Å². The van der Waals surface area contributed by atoms with Gasteiger partial charge in [-0.2, -0.15) is 0 Å². The topological polar surface area (TPSA) is 40.5 Å². The molecule has 1 aromatic carbocycles. The van der Waals surface area contributed by atoms with Gasteiger partial charge in [-0.15, -0.1) is 0 Å². The average molecular weight is 261 g/mol. The normalized spacial score (nSPS) is 19.3. The molecule has 1 aliphatic rings. The van der Waals surface area contributed by atoms with Crippen molar-refractivity contribution in [3.63, 3.8) is 0 Å². The standard InChI is InChI=1S/C16H23NO2/c1-12-4-3-5-15(10-12)16(19)11-17-8-6-14(7-9-17)13(2)18/h3-5,10,13-14,18H,6-9,11H2,1-2H3. The fourth-order valence-corrected chi connectivity index (χ4v) is 2.71. The first kappa shape index (κ1) is 14.2. The Labute approximate surface area is 115 Å². The van der Waals surface area contributed by atoms with Crippen molar-refractivity contribution in [1.82, 2.24) is 4.90 Å². The molecule has 0 amide bonds. The number of hydrogen-bond donors (Lipinski definition) is 1. The number of aliphatic hydroxyl groups excluding tert-OH is 1. The molecule has 2 rings (SSSR count). The van der Waals surface area contributed by atoms with E-state index in [1.807, 2.05) is 38.1 Å². The van der Waals surface area contributed by atoms with Gasteiger partial charge in [-0.1, -0.05) is 23.8 Å². The summed E-state index contributed by atoms with van der Waals surface area (Å²) < 4.78 is 0. The molecule has 19 heavy (non-hydrogen) atoms. The summed E-state index contributed by atoms with van der Waals surface area (Å²) in [4.78, 5) is 14.4. The molecule has 0 aliphatic carbocycles. The lowest BCUT2D eigenvalue weighted by atomic mass is 9.92. The van der Waals surface area contributed by atoms with E-state index in [9.17, 15) is 9.90 Å². The van der Waals surface area contributed by atoms with E-state index in [0.29, 0.717) is 12.5 Å². The predicted octanol–water partition coefficient (Wildman–Crippen LogP) is 2.27. The van der Waals surface area contributed by atoms with Crippen LogP contribution in [-0.4, -0.2) is 41.5 Å². The Morgan fingerprint density at radius 1 is 1.42 bits per heavy atom. The Bertz CT molecular complexity index is 434. The Kier molecular flexibility index (Phi) is 4.72. The van der Waals surface area contributed by atoms with E-state index in [-0.39, 0.29) is 11.9 Å². The largest absolute Gasteiger partial charge is 0.393 e. The minimum atomic E-state index is -0.227. The second kappa shape index (κ2) is 6.31. The maximum atomic E-state index is 12.2. The molecule has 1 heterocycles. The lowest BCUT2D eigenvalue weighted by molar-refractivity contribution is 0.0664. The highest BCUT2D eigenvalue weighted by atomic mass is 16.3. The minimum Gasteiger partial charge on any atom is -0.393 e. The van der Waals surface area contributed by atoms with Gasteiger partial charge < -0.3 is 5.11 Å². The van der Waals surface area contributed by atoms with Crippen LogP contribution in [0.15, 0.2) is 24.3 Å². The third-order valence-corrected chi connectivity index (χ3v) is 4.02. The Morgan fingerprint density at radius 2 is 2.11 bits per heavy atom. The summed E-state index contributed by atoms with van der Waals surface area (Å²) in [6, 6.07) is 7.77. The Morgan fingerprint density at radius 3 is 2.68 bits per heavy atom. The van der Waals surface area contributed by atoms with Crippen molar-refractivity contribution < 1.29 is 9.90 Å². The number of hydrogen-bond acceptors (Lipinski definition) is 3. The highest BCUT2D eigenvalue weighted by Gasteiger charge is 2.23. The number of ketones is 1. The first-order valence-corrected chi connectivity index (χ1v) is 7.06. The maximum Gasteiger partial charge on any atom is 0.176 e. The van der Waals surface area contributed by atoms with Gasteiger partial charge in [0.05, 0.1) is 12.6 Å². The molecule has 1 aromatic rings. The van der Waals surface area contributed by atoms with Gasteiger partial charge in [-0.05, 0) is 51.8 Å². The number of piperidine rings is 1. The van der Waals surface area contributed by atoms with Crippen molar-refractivity contribution in [1.29, 1.82) is 0 Å². The van der Waals surface area contributed by atoms with Crippen LogP contribution < -0.4 is 0 Å². The molecule has 1 N–H and O–H groups in total.